The van der Waals surface area contributed by atoms with Gasteiger partial charge in [0, 0.05) is 35.5 Å². The molecule has 1 aliphatic rings. The number of amides is 1. The summed E-state index contributed by atoms with van der Waals surface area (Å²) in [6, 6.07) is 13.4. The van der Waals surface area contributed by atoms with Crippen LogP contribution in [0.2, 0.25) is 0 Å². The first-order valence-electron chi connectivity index (χ1n) is 13.0. The first kappa shape index (κ1) is 26.7. The number of ether oxygens (including phenoxy) is 3. The number of anilines is 2. The highest BCUT2D eigenvalue weighted by Gasteiger charge is 2.31. The molecule has 1 N–H and O–H groups in total. The molecular weight excluding hydrogens is 541 g/mol. The highest BCUT2D eigenvalue weighted by Crippen LogP contribution is 2.37. The summed E-state index contributed by atoms with van der Waals surface area (Å²) in [5.74, 6) is 1.21. The van der Waals surface area contributed by atoms with Crippen LogP contribution in [0.25, 0.3) is 16.6 Å². The minimum Gasteiger partial charge on any atom is -0.493 e. The van der Waals surface area contributed by atoms with Gasteiger partial charge >= 0.3 is 0 Å². The lowest BCUT2D eigenvalue weighted by atomic mass is 10.1. The van der Waals surface area contributed by atoms with Crippen LogP contribution in [-0.2, 0) is 4.79 Å². The van der Waals surface area contributed by atoms with Gasteiger partial charge in [0.15, 0.2) is 11.5 Å². The first-order chi connectivity index (χ1) is 20.4. The lowest BCUT2D eigenvalue weighted by Crippen LogP contribution is -2.55. The highest BCUT2D eigenvalue weighted by atomic mass is 19.1. The Kier molecular flexibility index (Phi) is 7.09. The summed E-state index contributed by atoms with van der Waals surface area (Å²) in [7, 11) is 1.53. The maximum Gasteiger partial charge on any atom is 0.246 e. The van der Waals surface area contributed by atoms with Gasteiger partial charge in [-0.3, -0.25) is 9.78 Å². The van der Waals surface area contributed by atoms with Crippen LogP contribution < -0.4 is 19.5 Å². The third-order valence-corrected chi connectivity index (χ3v) is 6.69. The highest BCUT2D eigenvalue weighted by molar-refractivity contribution is 5.93. The van der Waals surface area contributed by atoms with E-state index in [1.807, 2.05) is 19.1 Å². The summed E-state index contributed by atoms with van der Waals surface area (Å²) >= 11 is 0. The minimum atomic E-state index is -0.548. The van der Waals surface area contributed by atoms with Crippen LogP contribution in [0.1, 0.15) is 5.69 Å². The Morgan fingerprint density at radius 3 is 2.69 bits per heavy atom. The number of hydrogen-bond acceptors (Lipinski definition) is 9. The summed E-state index contributed by atoms with van der Waals surface area (Å²) in [5, 5.41) is 8.03. The van der Waals surface area contributed by atoms with Gasteiger partial charge in [-0.15, -0.1) is 5.10 Å². The van der Waals surface area contributed by atoms with Crippen molar-refractivity contribution in [1.82, 2.24) is 29.6 Å². The second-order valence-corrected chi connectivity index (χ2v) is 9.55. The molecule has 0 bridgehead atoms. The molecule has 1 amide bonds. The molecule has 0 saturated carbocycles. The van der Waals surface area contributed by atoms with Gasteiger partial charge in [-0.05, 0) is 43.3 Å². The van der Waals surface area contributed by atoms with Crippen LogP contribution >= 0.6 is 0 Å². The van der Waals surface area contributed by atoms with Crippen molar-refractivity contribution in [3.05, 3.63) is 91.4 Å². The van der Waals surface area contributed by atoms with Gasteiger partial charge < -0.3 is 24.4 Å². The third-order valence-electron chi connectivity index (χ3n) is 6.69. The number of nitrogens with zero attached hydrogens (tertiary/aromatic N) is 6. The van der Waals surface area contributed by atoms with Gasteiger partial charge in [0.25, 0.3) is 0 Å². The molecule has 212 valence electrons. The molecule has 4 heterocycles. The molecule has 42 heavy (non-hydrogen) atoms. The molecule has 11 nitrogen and oxygen atoms in total. The van der Waals surface area contributed by atoms with Crippen molar-refractivity contribution in [3.8, 4) is 28.8 Å². The molecule has 0 radical (unpaired) electrons. The number of pyridine rings is 1. The van der Waals surface area contributed by atoms with E-state index >= 15 is 4.39 Å². The van der Waals surface area contributed by atoms with Gasteiger partial charge in [-0.1, -0.05) is 6.58 Å². The molecule has 0 aliphatic carbocycles. The normalized spacial score (nSPS) is 13.0. The number of aryl methyl sites for hydroxylation is 1. The van der Waals surface area contributed by atoms with E-state index in [1.54, 1.807) is 52.3 Å². The number of nitrogens with one attached hydrogen (secondary N) is 1. The SMILES string of the molecule is C=CC(=O)N1CC(Oc2cc3c(Nc4ccc(Oc5ccn(-c6ccc(C)nc6)n5)cc4F)ncnc3cc2OC)C1. The molecule has 0 atom stereocenters. The van der Waals surface area contributed by atoms with E-state index in [2.05, 4.69) is 31.9 Å². The number of aromatic nitrogens is 5. The van der Waals surface area contributed by atoms with E-state index in [9.17, 15) is 4.79 Å². The molecule has 1 fully saturated rings. The van der Waals surface area contributed by atoms with E-state index in [-0.39, 0.29) is 23.4 Å². The zero-order valence-electron chi connectivity index (χ0n) is 22.8. The fourth-order valence-corrected chi connectivity index (χ4v) is 4.43. The number of halogens is 1. The van der Waals surface area contributed by atoms with Crippen LogP contribution in [0.15, 0.2) is 79.9 Å². The number of likely N-dealkylation sites (tertiary alicyclic amines) is 1. The number of fused-ring (bicyclic) bond motifs is 1. The van der Waals surface area contributed by atoms with E-state index in [0.717, 1.165) is 11.4 Å². The second kappa shape index (κ2) is 11.2. The Morgan fingerprint density at radius 2 is 1.95 bits per heavy atom. The summed E-state index contributed by atoms with van der Waals surface area (Å²) in [6.45, 7) is 6.29. The van der Waals surface area contributed by atoms with Gasteiger partial charge in [-0.25, -0.2) is 19.0 Å². The topological polar surface area (TPSA) is 117 Å². The lowest BCUT2D eigenvalue weighted by molar-refractivity contribution is -0.134. The number of methoxy groups -OCH3 is 1. The Labute approximate surface area is 240 Å². The molecule has 0 spiro atoms. The van der Waals surface area contributed by atoms with Crippen LogP contribution in [0, 0.1) is 12.7 Å². The summed E-state index contributed by atoms with van der Waals surface area (Å²) in [6.07, 6.45) is 5.90. The molecule has 5 aromatic rings. The van der Waals surface area contributed by atoms with Gasteiger partial charge in [-0.2, -0.15) is 0 Å². The Morgan fingerprint density at radius 1 is 1.10 bits per heavy atom. The van der Waals surface area contributed by atoms with Crippen molar-refractivity contribution >= 4 is 28.3 Å². The summed E-state index contributed by atoms with van der Waals surface area (Å²) < 4.78 is 34.2. The van der Waals surface area contributed by atoms with Gasteiger partial charge in [0.2, 0.25) is 11.8 Å². The molecule has 0 unspecified atom stereocenters. The van der Waals surface area contributed by atoms with E-state index in [0.29, 0.717) is 47.2 Å². The van der Waals surface area contributed by atoms with Crippen molar-refractivity contribution in [2.75, 3.05) is 25.5 Å². The Balaban J connectivity index is 1.19. The molecule has 1 aliphatic heterocycles. The van der Waals surface area contributed by atoms with Crippen molar-refractivity contribution in [1.29, 1.82) is 0 Å². The zero-order chi connectivity index (χ0) is 29.2. The quantitative estimate of drug-likeness (QED) is 0.246. The van der Waals surface area contributed by atoms with Crippen molar-refractivity contribution in [2.24, 2.45) is 0 Å². The fourth-order valence-electron chi connectivity index (χ4n) is 4.43. The van der Waals surface area contributed by atoms with E-state index in [1.165, 1.54) is 25.6 Å². The predicted molar refractivity (Wildman–Crippen MR) is 153 cm³/mol. The Bertz CT molecular complexity index is 1790. The van der Waals surface area contributed by atoms with Gasteiger partial charge in [0.05, 0.1) is 43.3 Å². The summed E-state index contributed by atoms with van der Waals surface area (Å²) in [4.78, 5) is 26.3. The number of benzene rings is 2. The largest absolute Gasteiger partial charge is 0.493 e. The Hall–Kier alpha value is -5.52. The van der Waals surface area contributed by atoms with Crippen LogP contribution in [0.3, 0.4) is 0 Å². The molecule has 12 heteroatoms. The van der Waals surface area contributed by atoms with Crippen LogP contribution in [0.4, 0.5) is 15.9 Å². The maximum atomic E-state index is 15.2. The fraction of sp³-hybridized carbons (Fsp3) is 0.167. The van der Waals surface area contributed by atoms with Crippen molar-refractivity contribution in [3.63, 3.8) is 0 Å². The predicted octanol–water partition coefficient (Wildman–Crippen LogP) is 4.98. The van der Waals surface area contributed by atoms with Crippen molar-refractivity contribution in [2.45, 2.75) is 13.0 Å². The third kappa shape index (κ3) is 5.42. The first-order valence-corrected chi connectivity index (χ1v) is 13.0. The minimum absolute atomic E-state index is 0.145. The number of carbonyl (C=O) groups is 1. The van der Waals surface area contributed by atoms with Crippen molar-refractivity contribution < 1.29 is 23.4 Å². The molecule has 2 aromatic carbocycles. The lowest BCUT2D eigenvalue weighted by Gasteiger charge is -2.38. The smallest absolute Gasteiger partial charge is 0.246 e. The standard InChI is InChI=1S/C30H26FN7O4/c1-4-29(39)37-15-21(16-37)41-27-12-22-25(13-26(27)40-3)33-17-34-30(22)35-24-8-7-20(11-23(24)31)42-28-9-10-38(36-28)19-6-5-18(2)32-14-19/h4-14,17,21H,1,15-16H2,2-3H3,(H,33,34,35). The number of hydrogen-bond donors (Lipinski definition) is 1. The molecule has 1 saturated heterocycles. The zero-order valence-corrected chi connectivity index (χ0v) is 22.8. The number of rotatable bonds is 9. The van der Waals surface area contributed by atoms with Crippen LogP contribution in [0.5, 0.6) is 23.1 Å². The maximum absolute atomic E-state index is 15.2. The van der Waals surface area contributed by atoms with E-state index < -0.39 is 5.82 Å². The van der Waals surface area contributed by atoms with E-state index in [4.69, 9.17) is 14.2 Å². The second-order valence-electron chi connectivity index (χ2n) is 9.55. The summed E-state index contributed by atoms with van der Waals surface area (Å²) in [5.41, 5.74) is 2.45. The van der Waals surface area contributed by atoms with Gasteiger partial charge in [0.1, 0.15) is 29.8 Å². The molecule has 6 rings (SSSR count). The average Bonchev–Trinajstić information content (AvgIpc) is 3.44. The van der Waals surface area contributed by atoms with Crippen LogP contribution in [-0.4, -0.2) is 61.8 Å². The monoisotopic (exact) mass is 567 g/mol. The number of carbonyl (C=O) groups excluding carboxylic acids is 1. The molecular formula is C30H26FN7O4. The molecule has 3 aromatic heterocycles. The average molecular weight is 568 g/mol.